The molecule has 23 heavy (non-hydrogen) atoms. The molecule has 2 aliphatic rings. The van der Waals surface area contributed by atoms with Crippen molar-refractivity contribution in [3.63, 3.8) is 0 Å². The van der Waals surface area contributed by atoms with Gasteiger partial charge in [-0.05, 0) is 43.9 Å². The lowest BCUT2D eigenvalue weighted by Gasteiger charge is -2.34. The molecule has 1 fully saturated rings. The number of hydrogen-bond acceptors (Lipinski definition) is 2. The number of halogens is 1. The van der Waals surface area contributed by atoms with Gasteiger partial charge >= 0.3 is 0 Å². The lowest BCUT2D eigenvalue weighted by Crippen LogP contribution is -2.47. The molecule has 1 saturated heterocycles. The molecule has 1 unspecified atom stereocenters. The van der Waals surface area contributed by atoms with E-state index in [-0.39, 0.29) is 29.9 Å². The summed E-state index contributed by atoms with van der Waals surface area (Å²) in [5, 5.41) is 6.26. The molecule has 0 aromatic carbocycles. The van der Waals surface area contributed by atoms with E-state index in [4.69, 9.17) is 0 Å². The number of hydrogen-bond donors (Lipinski definition) is 2. The van der Waals surface area contributed by atoms with Gasteiger partial charge in [-0.15, -0.1) is 24.0 Å². The number of likely N-dealkylation sites (tertiary alicyclic amines) is 1. The van der Waals surface area contributed by atoms with Gasteiger partial charge in [0.1, 0.15) is 0 Å². The Morgan fingerprint density at radius 2 is 1.96 bits per heavy atom. The predicted octanol–water partition coefficient (Wildman–Crippen LogP) is 2.38. The van der Waals surface area contributed by atoms with Crippen molar-refractivity contribution in [3.05, 3.63) is 12.2 Å². The summed E-state index contributed by atoms with van der Waals surface area (Å²) in [6.07, 6.45) is 11.0. The van der Waals surface area contributed by atoms with Crippen molar-refractivity contribution in [3.8, 4) is 0 Å². The Labute approximate surface area is 157 Å². The summed E-state index contributed by atoms with van der Waals surface area (Å²) >= 11 is 0. The molecule has 1 aliphatic carbocycles. The van der Waals surface area contributed by atoms with Gasteiger partial charge in [0.2, 0.25) is 5.91 Å². The summed E-state index contributed by atoms with van der Waals surface area (Å²) < 4.78 is 0. The molecule has 1 heterocycles. The Kier molecular flexibility index (Phi) is 9.59. The highest BCUT2D eigenvalue weighted by Crippen LogP contribution is 2.21. The minimum Gasteiger partial charge on any atom is -0.359 e. The Bertz CT molecular complexity index is 417. The van der Waals surface area contributed by atoms with Gasteiger partial charge in [-0.1, -0.05) is 12.2 Å². The number of rotatable bonds is 4. The Hall–Kier alpha value is -0.790. The first kappa shape index (κ1) is 20.3. The second kappa shape index (κ2) is 10.9. The van der Waals surface area contributed by atoms with Crippen LogP contribution < -0.4 is 10.6 Å². The van der Waals surface area contributed by atoms with Gasteiger partial charge in [0, 0.05) is 40.2 Å². The molecule has 132 valence electrons. The van der Waals surface area contributed by atoms with Crippen LogP contribution in [0.1, 0.15) is 38.5 Å². The molecule has 1 amide bonds. The molecule has 0 saturated carbocycles. The number of carbonyl (C=O) groups is 1. The van der Waals surface area contributed by atoms with Crippen LogP contribution in [0.5, 0.6) is 0 Å². The Balaban J connectivity index is 0.00000264. The summed E-state index contributed by atoms with van der Waals surface area (Å²) in [5.41, 5.74) is 0. The van der Waals surface area contributed by atoms with Crippen molar-refractivity contribution in [2.24, 2.45) is 16.8 Å². The highest BCUT2D eigenvalue weighted by Gasteiger charge is 2.23. The zero-order valence-corrected chi connectivity index (χ0v) is 16.7. The number of aliphatic imine (C=N–C) groups is 1. The second-order valence-corrected chi connectivity index (χ2v) is 6.39. The van der Waals surface area contributed by atoms with Crippen LogP contribution in [0.25, 0.3) is 0 Å². The van der Waals surface area contributed by atoms with E-state index in [1.54, 1.807) is 7.05 Å². The summed E-state index contributed by atoms with van der Waals surface area (Å²) in [5.74, 6) is 2.42. The molecule has 2 N–H and O–H groups in total. The van der Waals surface area contributed by atoms with Crippen molar-refractivity contribution < 1.29 is 4.79 Å². The quantitative estimate of drug-likeness (QED) is 0.309. The standard InChI is InChI=1S/C17H30N4O.HI/c1-18-16(22)12-14-8-10-21(11-9-14)17(19-2)20-13-15-6-4-3-5-7-15;/h3-4,14-15H,5-13H2,1-2H3,(H,18,22)(H,19,20);1H. The van der Waals surface area contributed by atoms with Gasteiger partial charge in [0.05, 0.1) is 0 Å². The van der Waals surface area contributed by atoms with Crippen LogP contribution in [0.15, 0.2) is 17.1 Å². The zero-order valence-electron chi connectivity index (χ0n) is 14.4. The maximum absolute atomic E-state index is 11.5. The lowest BCUT2D eigenvalue weighted by molar-refractivity contribution is -0.121. The maximum atomic E-state index is 11.5. The normalized spacial score (nSPS) is 22.4. The van der Waals surface area contributed by atoms with Crippen molar-refractivity contribution in [1.29, 1.82) is 0 Å². The number of carbonyl (C=O) groups excluding carboxylic acids is 1. The fourth-order valence-corrected chi connectivity index (χ4v) is 3.32. The molecular formula is C17H31IN4O. The average molecular weight is 434 g/mol. The maximum Gasteiger partial charge on any atom is 0.220 e. The highest BCUT2D eigenvalue weighted by molar-refractivity contribution is 14.0. The minimum atomic E-state index is 0. The van der Waals surface area contributed by atoms with Crippen molar-refractivity contribution in [2.75, 3.05) is 33.7 Å². The second-order valence-electron chi connectivity index (χ2n) is 6.39. The van der Waals surface area contributed by atoms with Crippen LogP contribution in [-0.2, 0) is 4.79 Å². The van der Waals surface area contributed by atoms with E-state index in [1.807, 2.05) is 7.05 Å². The fourth-order valence-electron chi connectivity index (χ4n) is 3.32. The largest absolute Gasteiger partial charge is 0.359 e. The summed E-state index contributed by atoms with van der Waals surface area (Å²) in [6, 6.07) is 0. The van der Waals surface area contributed by atoms with Gasteiger partial charge in [0.25, 0.3) is 0 Å². The van der Waals surface area contributed by atoms with Gasteiger partial charge in [-0.2, -0.15) is 0 Å². The van der Waals surface area contributed by atoms with Crippen LogP contribution >= 0.6 is 24.0 Å². The average Bonchev–Trinajstić information content (AvgIpc) is 2.57. The van der Waals surface area contributed by atoms with Gasteiger partial charge in [0.15, 0.2) is 5.96 Å². The Morgan fingerprint density at radius 1 is 1.22 bits per heavy atom. The molecule has 0 bridgehead atoms. The number of piperidine rings is 1. The van der Waals surface area contributed by atoms with Gasteiger partial charge < -0.3 is 15.5 Å². The van der Waals surface area contributed by atoms with Crippen LogP contribution in [0.4, 0.5) is 0 Å². The molecule has 2 rings (SSSR count). The number of nitrogens with one attached hydrogen (secondary N) is 2. The summed E-state index contributed by atoms with van der Waals surface area (Å²) in [4.78, 5) is 18.2. The third kappa shape index (κ3) is 6.69. The van der Waals surface area contributed by atoms with Gasteiger partial charge in [-0.25, -0.2) is 0 Å². The molecule has 0 aromatic heterocycles. The van der Waals surface area contributed by atoms with Crippen molar-refractivity contribution in [1.82, 2.24) is 15.5 Å². The van der Waals surface area contributed by atoms with Gasteiger partial charge in [-0.3, -0.25) is 9.79 Å². The third-order valence-corrected chi connectivity index (χ3v) is 4.81. The summed E-state index contributed by atoms with van der Waals surface area (Å²) in [6.45, 7) is 2.99. The number of allylic oxidation sites excluding steroid dienone is 2. The van der Waals surface area contributed by atoms with E-state index < -0.39 is 0 Å². The van der Waals surface area contributed by atoms with Crippen LogP contribution in [-0.4, -0.2) is 50.5 Å². The van der Waals surface area contributed by atoms with Crippen molar-refractivity contribution in [2.45, 2.75) is 38.5 Å². The van der Waals surface area contributed by atoms with E-state index in [9.17, 15) is 4.79 Å². The van der Waals surface area contributed by atoms with E-state index in [0.717, 1.165) is 44.4 Å². The highest BCUT2D eigenvalue weighted by atomic mass is 127. The number of guanidine groups is 1. The van der Waals surface area contributed by atoms with Crippen molar-refractivity contribution >= 4 is 35.8 Å². The minimum absolute atomic E-state index is 0. The first-order chi connectivity index (χ1) is 10.7. The van der Waals surface area contributed by atoms with Crippen LogP contribution in [0.3, 0.4) is 0 Å². The first-order valence-electron chi connectivity index (χ1n) is 8.54. The zero-order chi connectivity index (χ0) is 15.8. The Morgan fingerprint density at radius 3 is 2.52 bits per heavy atom. The smallest absolute Gasteiger partial charge is 0.220 e. The predicted molar refractivity (Wildman–Crippen MR) is 106 cm³/mol. The van der Waals surface area contributed by atoms with Crippen LogP contribution in [0, 0.1) is 11.8 Å². The van der Waals surface area contributed by atoms with Crippen LogP contribution in [0.2, 0.25) is 0 Å². The van der Waals surface area contributed by atoms with E-state index in [0.29, 0.717) is 12.3 Å². The molecule has 5 nitrogen and oxygen atoms in total. The topological polar surface area (TPSA) is 56.7 Å². The third-order valence-electron chi connectivity index (χ3n) is 4.81. The SMILES string of the molecule is CN=C(NCC1CC=CCC1)N1CCC(CC(=O)NC)CC1.I. The molecule has 0 spiro atoms. The molecule has 0 radical (unpaired) electrons. The lowest BCUT2D eigenvalue weighted by atomic mass is 9.93. The molecular weight excluding hydrogens is 403 g/mol. The monoisotopic (exact) mass is 434 g/mol. The summed E-state index contributed by atoms with van der Waals surface area (Å²) in [7, 11) is 3.57. The number of amides is 1. The first-order valence-corrected chi connectivity index (χ1v) is 8.54. The van der Waals surface area contributed by atoms with E-state index >= 15 is 0 Å². The fraction of sp³-hybridized carbons (Fsp3) is 0.765. The van der Waals surface area contributed by atoms with E-state index in [1.165, 1.54) is 19.3 Å². The number of nitrogens with zero attached hydrogens (tertiary/aromatic N) is 2. The molecule has 1 aliphatic heterocycles. The molecule has 6 heteroatoms. The molecule has 1 atom stereocenters. The van der Waals surface area contributed by atoms with E-state index in [2.05, 4.69) is 32.7 Å². The molecule has 0 aromatic rings.